The molecule has 1 aromatic carbocycles. The van der Waals surface area contributed by atoms with Crippen LogP contribution in [0, 0.1) is 6.92 Å². The second-order valence-electron chi connectivity index (χ2n) is 5.81. The number of aromatic nitrogens is 2. The number of esters is 1. The van der Waals surface area contributed by atoms with Crippen LogP contribution in [0.2, 0.25) is 0 Å². The summed E-state index contributed by atoms with van der Waals surface area (Å²) in [6, 6.07) is 9.99. The molecule has 2 aromatic rings. The van der Waals surface area contributed by atoms with E-state index in [4.69, 9.17) is 4.74 Å². The molecule has 5 heteroatoms. The van der Waals surface area contributed by atoms with E-state index in [0.29, 0.717) is 5.88 Å². The Morgan fingerprint density at radius 3 is 2.38 bits per heavy atom. The van der Waals surface area contributed by atoms with Gasteiger partial charge >= 0.3 is 5.97 Å². The van der Waals surface area contributed by atoms with Gasteiger partial charge in [-0.3, -0.25) is 4.79 Å². The van der Waals surface area contributed by atoms with Gasteiger partial charge in [-0.05, 0) is 39.8 Å². The molecule has 2 rings (SSSR count). The fourth-order valence-corrected chi connectivity index (χ4v) is 2.83. The molecule has 0 aliphatic heterocycles. The second kappa shape index (κ2) is 5.93. The van der Waals surface area contributed by atoms with Gasteiger partial charge in [0, 0.05) is 11.8 Å². The third-order valence-electron chi connectivity index (χ3n) is 2.80. The lowest BCUT2D eigenvalue weighted by Crippen LogP contribution is -2.25. The van der Waals surface area contributed by atoms with Crippen molar-refractivity contribution in [3.8, 4) is 5.88 Å². The van der Waals surface area contributed by atoms with Crippen LogP contribution in [0.15, 0.2) is 40.1 Å². The Morgan fingerprint density at radius 1 is 1.24 bits per heavy atom. The summed E-state index contributed by atoms with van der Waals surface area (Å²) >= 11 is 1.56. The van der Waals surface area contributed by atoms with Crippen LogP contribution in [0.1, 0.15) is 33.4 Å². The Labute approximate surface area is 129 Å². The van der Waals surface area contributed by atoms with Crippen LogP contribution in [0.5, 0.6) is 5.88 Å². The number of aryl methyl sites for hydroxylation is 1. The largest absolute Gasteiger partial charge is 0.407 e. The molecular weight excluding hydrogens is 284 g/mol. The third-order valence-corrected chi connectivity index (χ3v) is 3.99. The minimum Gasteiger partial charge on any atom is -0.407 e. The summed E-state index contributed by atoms with van der Waals surface area (Å²) in [7, 11) is 0. The lowest BCUT2D eigenvalue weighted by molar-refractivity contribution is -0.132. The van der Waals surface area contributed by atoms with Crippen LogP contribution in [0.3, 0.4) is 0 Å². The molecule has 0 fully saturated rings. The van der Waals surface area contributed by atoms with Crippen LogP contribution in [0.25, 0.3) is 0 Å². The molecule has 0 aliphatic rings. The van der Waals surface area contributed by atoms with E-state index in [-0.39, 0.29) is 11.5 Å². The zero-order chi connectivity index (χ0) is 15.6. The summed E-state index contributed by atoms with van der Waals surface area (Å²) in [4.78, 5) is 13.4. The first-order chi connectivity index (χ1) is 9.79. The van der Waals surface area contributed by atoms with Crippen molar-refractivity contribution in [3.63, 3.8) is 0 Å². The normalized spacial score (nSPS) is 11.5. The summed E-state index contributed by atoms with van der Waals surface area (Å²) in [5.74, 6) is 0.177. The van der Waals surface area contributed by atoms with Crippen molar-refractivity contribution in [1.29, 1.82) is 0 Å². The van der Waals surface area contributed by atoms with Crippen molar-refractivity contribution in [2.75, 3.05) is 0 Å². The smallest absolute Gasteiger partial charge is 0.309 e. The standard InChI is InChI=1S/C16H20N2O2S/c1-11-14(21-13-9-7-6-8-10-13)15(20-12(2)19)18(17-11)16(3,4)5/h6-10H,1-5H3. The number of rotatable bonds is 3. The first kappa shape index (κ1) is 15.6. The lowest BCUT2D eigenvalue weighted by Gasteiger charge is -2.21. The van der Waals surface area contributed by atoms with Crippen molar-refractivity contribution in [2.45, 2.75) is 49.9 Å². The highest BCUT2D eigenvalue weighted by atomic mass is 32.2. The molecule has 1 aromatic heterocycles. The minimum atomic E-state index is -0.338. The number of ether oxygens (including phenoxy) is 1. The maximum Gasteiger partial charge on any atom is 0.309 e. The number of nitrogens with zero attached hydrogens (tertiary/aromatic N) is 2. The highest BCUT2D eigenvalue weighted by Crippen LogP contribution is 2.39. The van der Waals surface area contributed by atoms with Gasteiger partial charge in [-0.25, -0.2) is 4.68 Å². The maximum atomic E-state index is 11.4. The number of carbonyl (C=O) groups excluding carboxylic acids is 1. The third kappa shape index (κ3) is 3.67. The van der Waals surface area contributed by atoms with Gasteiger partial charge in [0.05, 0.1) is 16.1 Å². The molecule has 112 valence electrons. The lowest BCUT2D eigenvalue weighted by atomic mass is 10.1. The monoisotopic (exact) mass is 304 g/mol. The Balaban J connectivity index is 2.49. The van der Waals surface area contributed by atoms with Gasteiger partial charge in [0.2, 0.25) is 5.88 Å². The molecule has 0 amide bonds. The van der Waals surface area contributed by atoms with E-state index >= 15 is 0 Å². The van der Waals surface area contributed by atoms with Gasteiger partial charge in [-0.15, -0.1) is 0 Å². The van der Waals surface area contributed by atoms with Crippen molar-refractivity contribution in [2.24, 2.45) is 0 Å². The minimum absolute atomic E-state index is 0.259. The molecule has 0 bridgehead atoms. The van der Waals surface area contributed by atoms with Crippen LogP contribution in [-0.2, 0) is 10.3 Å². The predicted molar refractivity (Wildman–Crippen MR) is 83.8 cm³/mol. The van der Waals surface area contributed by atoms with E-state index in [9.17, 15) is 4.79 Å². The highest BCUT2D eigenvalue weighted by Gasteiger charge is 2.26. The van der Waals surface area contributed by atoms with Crippen molar-refractivity contribution >= 4 is 17.7 Å². The summed E-state index contributed by atoms with van der Waals surface area (Å²) in [6.45, 7) is 9.43. The first-order valence-electron chi connectivity index (χ1n) is 6.80. The number of hydrogen-bond acceptors (Lipinski definition) is 4. The number of carbonyl (C=O) groups is 1. The summed E-state index contributed by atoms with van der Waals surface area (Å²) in [5, 5.41) is 4.55. The Morgan fingerprint density at radius 2 is 1.86 bits per heavy atom. The summed E-state index contributed by atoms with van der Waals surface area (Å²) < 4.78 is 7.21. The molecule has 0 aliphatic carbocycles. The van der Waals surface area contributed by atoms with E-state index in [0.717, 1.165) is 15.5 Å². The van der Waals surface area contributed by atoms with Crippen LogP contribution in [-0.4, -0.2) is 15.7 Å². The quantitative estimate of drug-likeness (QED) is 0.803. The van der Waals surface area contributed by atoms with Gasteiger partial charge < -0.3 is 4.74 Å². The average molecular weight is 304 g/mol. The highest BCUT2D eigenvalue weighted by molar-refractivity contribution is 7.99. The fourth-order valence-electron chi connectivity index (χ4n) is 1.90. The molecule has 0 N–H and O–H groups in total. The van der Waals surface area contributed by atoms with Crippen LogP contribution in [0.4, 0.5) is 0 Å². The Bertz CT molecular complexity index is 642. The van der Waals surface area contributed by atoms with Crippen molar-refractivity contribution < 1.29 is 9.53 Å². The van der Waals surface area contributed by atoms with Crippen LogP contribution < -0.4 is 4.74 Å². The Hall–Kier alpha value is -1.75. The SMILES string of the molecule is CC(=O)Oc1c(Sc2ccccc2)c(C)nn1C(C)(C)C. The molecule has 0 atom stereocenters. The zero-order valence-electron chi connectivity index (χ0n) is 13.0. The topological polar surface area (TPSA) is 44.1 Å². The van der Waals surface area contributed by atoms with Crippen molar-refractivity contribution in [3.05, 3.63) is 36.0 Å². The predicted octanol–water partition coefficient (Wildman–Crippen LogP) is 4.02. The number of benzene rings is 1. The molecule has 21 heavy (non-hydrogen) atoms. The van der Waals surface area contributed by atoms with Gasteiger partial charge in [0.15, 0.2) is 0 Å². The molecule has 0 unspecified atom stereocenters. The Kier molecular flexibility index (Phi) is 4.42. The second-order valence-corrected chi connectivity index (χ2v) is 6.89. The summed E-state index contributed by atoms with van der Waals surface area (Å²) in [6.07, 6.45) is 0. The molecule has 4 nitrogen and oxygen atoms in total. The molecule has 0 saturated heterocycles. The molecule has 1 heterocycles. The molecular formula is C16H20N2O2S. The fraction of sp³-hybridized carbons (Fsp3) is 0.375. The van der Waals surface area contributed by atoms with E-state index in [1.165, 1.54) is 6.92 Å². The van der Waals surface area contributed by atoms with Gasteiger partial charge in [0.1, 0.15) is 0 Å². The first-order valence-corrected chi connectivity index (χ1v) is 7.62. The molecule has 0 saturated carbocycles. The molecule has 0 radical (unpaired) electrons. The van der Waals surface area contributed by atoms with Crippen molar-refractivity contribution in [1.82, 2.24) is 9.78 Å². The van der Waals surface area contributed by atoms with Gasteiger partial charge in [-0.2, -0.15) is 5.10 Å². The summed E-state index contributed by atoms with van der Waals surface area (Å²) in [5.41, 5.74) is 0.598. The van der Waals surface area contributed by atoms with E-state index in [1.54, 1.807) is 16.4 Å². The van der Waals surface area contributed by atoms with E-state index in [1.807, 2.05) is 58.0 Å². The van der Waals surface area contributed by atoms with Gasteiger partial charge in [0.25, 0.3) is 0 Å². The average Bonchev–Trinajstić information content (AvgIpc) is 2.68. The van der Waals surface area contributed by atoms with E-state index < -0.39 is 0 Å². The molecule has 0 spiro atoms. The van der Waals surface area contributed by atoms with Crippen LogP contribution >= 0.6 is 11.8 Å². The maximum absolute atomic E-state index is 11.4. The number of hydrogen-bond donors (Lipinski definition) is 0. The van der Waals surface area contributed by atoms with Gasteiger partial charge in [-0.1, -0.05) is 30.0 Å². The van der Waals surface area contributed by atoms with E-state index in [2.05, 4.69) is 5.10 Å². The zero-order valence-corrected chi connectivity index (χ0v) is 13.8.